The lowest BCUT2D eigenvalue weighted by Gasteiger charge is -2.28. The van der Waals surface area contributed by atoms with Crippen molar-refractivity contribution < 1.29 is 13.6 Å². The van der Waals surface area contributed by atoms with E-state index in [9.17, 15) is 13.6 Å². The van der Waals surface area contributed by atoms with Crippen molar-refractivity contribution in [1.29, 1.82) is 0 Å². The summed E-state index contributed by atoms with van der Waals surface area (Å²) in [6.45, 7) is 4.29. The van der Waals surface area contributed by atoms with Gasteiger partial charge in [0.2, 0.25) is 0 Å². The molecule has 5 nitrogen and oxygen atoms in total. The molecular formula is C31H32F2N4O. The van der Waals surface area contributed by atoms with E-state index in [-0.39, 0.29) is 11.6 Å². The van der Waals surface area contributed by atoms with Gasteiger partial charge in [-0.2, -0.15) is 0 Å². The van der Waals surface area contributed by atoms with E-state index in [1.807, 2.05) is 18.2 Å². The summed E-state index contributed by atoms with van der Waals surface area (Å²) in [7, 11) is 0. The number of piperidine rings is 1. The first-order valence-electron chi connectivity index (χ1n) is 13.6. The van der Waals surface area contributed by atoms with Crippen molar-refractivity contribution >= 4 is 16.9 Å². The van der Waals surface area contributed by atoms with Crippen LogP contribution in [0.4, 0.5) is 8.78 Å². The molecule has 0 spiro atoms. The molecule has 1 amide bonds. The number of hydrogen-bond donors (Lipinski definition) is 0. The van der Waals surface area contributed by atoms with Gasteiger partial charge in [-0.05, 0) is 74.2 Å². The van der Waals surface area contributed by atoms with Gasteiger partial charge in [0.25, 0.3) is 5.91 Å². The molecule has 38 heavy (non-hydrogen) atoms. The van der Waals surface area contributed by atoms with E-state index < -0.39 is 17.5 Å². The molecule has 2 saturated heterocycles. The van der Waals surface area contributed by atoms with Crippen molar-refractivity contribution in [2.75, 3.05) is 19.6 Å². The van der Waals surface area contributed by atoms with Crippen LogP contribution in [0.15, 0.2) is 66.7 Å². The Hall–Kier alpha value is -3.58. The van der Waals surface area contributed by atoms with Gasteiger partial charge in [-0.1, -0.05) is 48.9 Å². The summed E-state index contributed by atoms with van der Waals surface area (Å²) < 4.78 is 30.7. The number of benzene rings is 3. The summed E-state index contributed by atoms with van der Waals surface area (Å²) >= 11 is 0. The molecule has 2 fully saturated rings. The highest BCUT2D eigenvalue weighted by molar-refractivity contribution is 5.95. The minimum Gasteiger partial charge on any atom is -0.328 e. The molecule has 3 heterocycles. The Morgan fingerprint density at radius 1 is 0.816 bits per heavy atom. The van der Waals surface area contributed by atoms with Gasteiger partial charge in [-0.25, -0.2) is 13.8 Å². The first-order valence-corrected chi connectivity index (χ1v) is 13.6. The zero-order valence-corrected chi connectivity index (χ0v) is 21.5. The van der Waals surface area contributed by atoms with E-state index in [4.69, 9.17) is 4.98 Å². The van der Waals surface area contributed by atoms with Gasteiger partial charge >= 0.3 is 0 Å². The zero-order chi connectivity index (χ0) is 26.1. The fraction of sp³-hybridized carbons (Fsp3) is 0.355. The maximum absolute atomic E-state index is 14.6. The Labute approximate surface area is 221 Å². The Morgan fingerprint density at radius 3 is 2.37 bits per heavy atom. The van der Waals surface area contributed by atoms with Crippen LogP contribution in [0.5, 0.6) is 0 Å². The van der Waals surface area contributed by atoms with Crippen molar-refractivity contribution in [3.8, 4) is 0 Å². The minimum absolute atomic E-state index is 0.230. The van der Waals surface area contributed by atoms with Crippen molar-refractivity contribution in [1.82, 2.24) is 19.4 Å². The summed E-state index contributed by atoms with van der Waals surface area (Å²) in [5, 5.41) is 0. The molecule has 7 heteroatoms. The molecule has 2 aliphatic heterocycles. The number of aromatic nitrogens is 2. The third-order valence-electron chi connectivity index (χ3n) is 7.97. The van der Waals surface area contributed by atoms with Crippen LogP contribution in [0.25, 0.3) is 11.0 Å². The second-order valence-electron chi connectivity index (χ2n) is 10.4. The topological polar surface area (TPSA) is 41.4 Å². The van der Waals surface area contributed by atoms with Gasteiger partial charge in [0, 0.05) is 19.6 Å². The lowest BCUT2D eigenvalue weighted by Crippen LogP contribution is -2.33. The standard InChI is InChI=1S/C31H32F2N4O/c32-25-13-8-12-24(29(25)33)31(38)36-19-9-16-28(36)30-34-26-14-4-5-15-27(26)37(30)21-23-11-3-2-10-22(23)20-35-17-6-1-7-18-35/h2-5,8,10-15,28H,1,6-7,9,16-21H2. The summed E-state index contributed by atoms with van der Waals surface area (Å²) in [4.78, 5) is 22.6. The average molecular weight is 515 g/mol. The van der Waals surface area contributed by atoms with Crippen LogP contribution in [-0.4, -0.2) is 44.9 Å². The molecule has 4 aromatic rings. The summed E-state index contributed by atoms with van der Waals surface area (Å²) in [5.74, 6) is -1.80. The molecule has 0 bridgehead atoms. The predicted molar refractivity (Wildman–Crippen MR) is 144 cm³/mol. The highest BCUT2D eigenvalue weighted by atomic mass is 19.2. The van der Waals surface area contributed by atoms with Crippen molar-refractivity contribution in [2.24, 2.45) is 0 Å². The Balaban J connectivity index is 1.36. The van der Waals surface area contributed by atoms with E-state index in [0.717, 1.165) is 55.4 Å². The van der Waals surface area contributed by atoms with Crippen molar-refractivity contribution in [2.45, 2.75) is 51.2 Å². The van der Waals surface area contributed by atoms with Crippen molar-refractivity contribution in [3.63, 3.8) is 0 Å². The normalized spacial score (nSPS) is 18.4. The van der Waals surface area contributed by atoms with Gasteiger partial charge < -0.3 is 9.47 Å². The van der Waals surface area contributed by atoms with Gasteiger partial charge in [0.1, 0.15) is 5.82 Å². The van der Waals surface area contributed by atoms with Crippen LogP contribution in [0.3, 0.4) is 0 Å². The van der Waals surface area contributed by atoms with E-state index in [1.165, 1.54) is 42.5 Å². The summed E-state index contributed by atoms with van der Waals surface area (Å²) in [5.41, 5.74) is 4.18. The predicted octanol–water partition coefficient (Wildman–Crippen LogP) is 6.33. The monoisotopic (exact) mass is 514 g/mol. The lowest BCUT2D eigenvalue weighted by molar-refractivity contribution is 0.0722. The number of carbonyl (C=O) groups is 1. The van der Waals surface area contributed by atoms with Gasteiger partial charge in [0.15, 0.2) is 11.6 Å². The molecule has 6 rings (SSSR count). The van der Waals surface area contributed by atoms with E-state index in [0.29, 0.717) is 13.1 Å². The molecule has 2 aliphatic rings. The molecule has 3 aromatic carbocycles. The third-order valence-corrected chi connectivity index (χ3v) is 7.97. The quantitative estimate of drug-likeness (QED) is 0.302. The number of fused-ring (bicyclic) bond motifs is 1. The number of para-hydroxylation sites is 2. The highest BCUT2D eigenvalue weighted by Crippen LogP contribution is 2.35. The number of hydrogen-bond acceptors (Lipinski definition) is 3. The number of rotatable bonds is 6. The Kier molecular flexibility index (Phi) is 6.94. The first kappa shape index (κ1) is 24.7. The second kappa shape index (κ2) is 10.7. The van der Waals surface area contributed by atoms with Crippen LogP contribution < -0.4 is 0 Å². The smallest absolute Gasteiger partial charge is 0.257 e. The largest absolute Gasteiger partial charge is 0.328 e. The van der Waals surface area contributed by atoms with Crippen LogP contribution in [0.1, 0.15) is 65.5 Å². The number of amides is 1. The summed E-state index contributed by atoms with van der Waals surface area (Å²) in [6.07, 6.45) is 5.30. The SMILES string of the molecule is O=C(c1cccc(F)c1F)N1CCCC1c1nc2ccccc2n1Cc1ccccc1CN1CCCCC1. The van der Waals surface area contributed by atoms with E-state index >= 15 is 0 Å². The average Bonchev–Trinajstić information content (AvgIpc) is 3.57. The number of nitrogens with zero attached hydrogens (tertiary/aromatic N) is 4. The zero-order valence-electron chi connectivity index (χ0n) is 21.5. The van der Waals surface area contributed by atoms with Crippen LogP contribution >= 0.6 is 0 Å². The molecule has 0 N–H and O–H groups in total. The molecule has 0 saturated carbocycles. The first-order chi connectivity index (χ1) is 18.6. The number of imidazole rings is 1. The number of likely N-dealkylation sites (tertiary alicyclic amines) is 2. The molecule has 0 aliphatic carbocycles. The van der Waals surface area contributed by atoms with Crippen LogP contribution in [-0.2, 0) is 13.1 Å². The van der Waals surface area contributed by atoms with E-state index in [2.05, 4.69) is 39.8 Å². The van der Waals surface area contributed by atoms with Gasteiger partial charge in [-0.15, -0.1) is 0 Å². The third kappa shape index (κ3) is 4.71. The maximum Gasteiger partial charge on any atom is 0.257 e. The van der Waals surface area contributed by atoms with Gasteiger partial charge in [-0.3, -0.25) is 9.69 Å². The maximum atomic E-state index is 14.6. The molecule has 1 unspecified atom stereocenters. The fourth-order valence-corrected chi connectivity index (χ4v) is 6.01. The van der Waals surface area contributed by atoms with Crippen LogP contribution in [0.2, 0.25) is 0 Å². The van der Waals surface area contributed by atoms with Crippen molar-refractivity contribution in [3.05, 3.63) is 101 Å². The van der Waals surface area contributed by atoms with E-state index in [1.54, 1.807) is 4.90 Å². The number of halogens is 2. The molecule has 1 atom stereocenters. The fourth-order valence-electron chi connectivity index (χ4n) is 6.01. The second-order valence-corrected chi connectivity index (χ2v) is 10.4. The Morgan fingerprint density at radius 2 is 1.55 bits per heavy atom. The molecule has 196 valence electrons. The molecule has 1 aromatic heterocycles. The van der Waals surface area contributed by atoms with Gasteiger partial charge in [0.05, 0.1) is 22.6 Å². The summed E-state index contributed by atoms with van der Waals surface area (Å²) in [6, 6.07) is 20.0. The lowest BCUT2D eigenvalue weighted by atomic mass is 10.0. The number of carbonyl (C=O) groups excluding carboxylic acids is 1. The molecule has 0 radical (unpaired) electrons. The molecular weight excluding hydrogens is 482 g/mol. The van der Waals surface area contributed by atoms with Crippen LogP contribution in [0, 0.1) is 11.6 Å². The Bertz CT molecular complexity index is 1460. The minimum atomic E-state index is -1.09. The highest BCUT2D eigenvalue weighted by Gasteiger charge is 2.35.